The van der Waals surface area contributed by atoms with Crippen LogP contribution in [0.4, 0.5) is 5.82 Å². The van der Waals surface area contributed by atoms with Crippen LogP contribution in [-0.4, -0.2) is 52.8 Å². The fraction of sp³-hybridized carbons (Fsp3) is 0.600. The minimum atomic E-state index is 0.352. The van der Waals surface area contributed by atoms with Gasteiger partial charge in [-0.05, 0) is 26.3 Å². The van der Waals surface area contributed by atoms with E-state index in [9.17, 15) is 0 Å². The van der Waals surface area contributed by atoms with E-state index in [-0.39, 0.29) is 0 Å². The number of nitrogens with zero attached hydrogens (tertiary/aromatic N) is 3. The molecule has 2 aliphatic rings. The quantitative estimate of drug-likeness (QED) is 0.922. The lowest BCUT2D eigenvalue weighted by Gasteiger charge is -2.33. The first kappa shape index (κ1) is 13.4. The minimum absolute atomic E-state index is 0.352. The van der Waals surface area contributed by atoms with Crippen molar-refractivity contribution >= 4 is 27.4 Å². The van der Waals surface area contributed by atoms with E-state index in [0.717, 1.165) is 42.2 Å². The predicted molar refractivity (Wildman–Crippen MR) is 85.0 cm³/mol. The Hall–Kier alpha value is -1.24. The summed E-state index contributed by atoms with van der Waals surface area (Å²) in [6, 6.07) is 3.18. The molecule has 4 heterocycles. The van der Waals surface area contributed by atoms with Crippen LogP contribution in [0, 0.1) is 6.92 Å². The smallest absolute Gasteiger partial charge is 0.138 e. The van der Waals surface area contributed by atoms with Gasteiger partial charge in [0.15, 0.2) is 0 Å². The summed E-state index contributed by atoms with van der Waals surface area (Å²) in [4.78, 5) is 13.7. The maximum Gasteiger partial charge on any atom is 0.138 e. The summed E-state index contributed by atoms with van der Waals surface area (Å²) in [7, 11) is 0. The van der Waals surface area contributed by atoms with Crippen molar-refractivity contribution in [2.45, 2.75) is 38.5 Å². The molecular formula is C15H20N4OS. The van der Waals surface area contributed by atoms with E-state index in [1.54, 1.807) is 17.7 Å². The summed E-state index contributed by atoms with van der Waals surface area (Å²) in [5, 5.41) is 4.77. The van der Waals surface area contributed by atoms with Crippen LogP contribution in [0.3, 0.4) is 0 Å². The molecule has 0 spiro atoms. The SMILES string of the molecule is Cc1cc2c(N[C@@H]3C[C@H]4CO[C@@H](C)CN4C3)ncnc2s1. The van der Waals surface area contributed by atoms with Crippen LogP contribution in [0.2, 0.25) is 0 Å². The Kier molecular flexibility index (Phi) is 3.32. The highest BCUT2D eigenvalue weighted by molar-refractivity contribution is 7.18. The van der Waals surface area contributed by atoms with Gasteiger partial charge in [-0.15, -0.1) is 11.3 Å². The molecule has 2 aromatic rings. The topological polar surface area (TPSA) is 50.3 Å². The Labute approximate surface area is 128 Å². The van der Waals surface area contributed by atoms with Crippen LogP contribution in [0.5, 0.6) is 0 Å². The lowest BCUT2D eigenvalue weighted by Crippen LogP contribution is -2.45. The molecule has 0 aliphatic carbocycles. The molecule has 2 saturated heterocycles. The molecule has 6 heteroatoms. The maximum absolute atomic E-state index is 5.77. The summed E-state index contributed by atoms with van der Waals surface area (Å²) < 4.78 is 5.77. The average Bonchev–Trinajstić information content (AvgIpc) is 3.01. The number of hydrogen-bond acceptors (Lipinski definition) is 6. The Morgan fingerprint density at radius 3 is 3.19 bits per heavy atom. The van der Waals surface area contributed by atoms with E-state index in [1.165, 1.54) is 4.88 Å². The summed E-state index contributed by atoms with van der Waals surface area (Å²) in [6.45, 7) is 7.24. The third-order valence-corrected chi connectivity index (χ3v) is 5.34. The molecule has 112 valence electrons. The van der Waals surface area contributed by atoms with Gasteiger partial charge in [0.1, 0.15) is 17.0 Å². The van der Waals surface area contributed by atoms with Gasteiger partial charge in [-0.25, -0.2) is 9.97 Å². The van der Waals surface area contributed by atoms with Crippen LogP contribution in [0.15, 0.2) is 12.4 Å². The van der Waals surface area contributed by atoms with Gasteiger partial charge in [-0.2, -0.15) is 0 Å². The van der Waals surface area contributed by atoms with E-state index >= 15 is 0 Å². The van der Waals surface area contributed by atoms with Gasteiger partial charge in [-0.1, -0.05) is 0 Å². The molecule has 2 aromatic heterocycles. The second-order valence-corrected chi connectivity index (χ2v) is 7.36. The van der Waals surface area contributed by atoms with E-state index in [0.29, 0.717) is 18.2 Å². The number of thiophene rings is 1. The molecule has 2 fully saturated rings. The van der Waals surface area contributed by atoms with Crippen molar-refractivity contribution in [3.05, 3.63) is 17.3 Å². The Morgan fingerprint density at radius 2 is 2.29 bits per heavy atom. The van der Waals surface area contributed by atoms with Crippen molar-refractivity contribution in [1.29, 1.82) is 0 Å². The first-order chi connectivity index (χ1) is 10.2. The van der Waals surface area contributed by atoms with Gasteiger partial charge in [0.25, 0.3) is 0 Å². The lowest BCUT2D eigenvalue weighted by atomic mass is 10.1. The lowest BCUT2D eigenvalue weighted by molar-refractivity contribution is -0.0390. The number of hydrogen-bond donors (Lipinski definition) is 1. The van der Waals surface area contributed by atoms with Gasteiger partial charge in [0, 0.05) is 30.1 Å². The molecule has 0 radical (unpaired) electrons. The molecule has 0 saturated carbocycles. The highest BCUT2D eigenvalue weighted by Crippen LogP contribution is 2.30. The van der Waals surface area contributed by atoms with E-state index < -0.39 is 0 Å². The normalized spacial score (nSPS) is 29.7. The minimum Gasteiger partial charge on any atom is -0.376 e. The third-order valence-electron chi connectivity index (χ3n) is 4.39. The molecule has 0 amide bonds. The number of anilines is 1. The third kappa shape index (κ3) is 2.52. The van der Waals surface area contributed by atoms with Crippen molar-refractivity contribution in [3.63, 3.8) is 0 Å². The van der Waals surface area contributed by atoms with Crippen molar-refractivity contribution in [3.8, 4) is 0 Å². The monoisotopic (exact) mass is 304 g/mol. The summed E-state index contributed by atoms with van der Waals surface area (Å²) in [5.41, 5.74) is 0. The molecule has 0 aromatic carbocycles. The number of aryl methyl sites for hydroxylation is 1. The van der Waals surface area contributed by atoms with Gasteiger partial charge in [0.2, 0.25) is 0 Å². The van der Waals surface area contributed by atoms with Crippen LogP contribution in [0.25, 0.3) is 10.2 Å². The molecule has 5 nitrogen and oxygen atoms in total. The van der Waals surface area contributed by atoms with Gasteiger partial charge in [0.05, 0.1) is 18.1 Å². The molecule has 21 heavy (non-hydrogen) atoms. The Balaban J connectivity index is 1.53. The van der Waals surface area contributed by atoms with E-state index in [2.05, 4.69) is 40.1 Å². The van der Waals surface area contributed by atoms with Gasteiger partial charge in [-0.3, -0.25) is 4.90 Å². The second kappa shape index (κ2) is 5.19. The number of fused-ring (bicyclic) bond motifs is 2. The molecule has 0 unspecified atom stereocenters. The zero-order chi connectivity index (χ0) is 14.4. The summed E-state index contributed by atoms with van der Waals surface area (Å²) >= 11 is 1.72. The number of nitrogens with one attached hydrogen (secondary N) is 1. The number of aromatic nitrogens is 2. The van der Waals surface area contributed by atoms with Crippen molar-refractivity contribution < 1.29 is 4.74 Å². The molecule has 4 rings (SSSR count). The van der Waals surface area contributed by atoms with Crippen LogP contribution in [-0.2, 0) is 4.74 Å². The maximum atomic E-state index is 5.77. The molecule has 2 aliphatic heterocycles. The summed E-state index contributed by atoms with van der Waals surface area (Å²) in [5.74, 6) is 0.975. The van der Waals surface area contributed by atoms with Crippen molar-refractivity contribution in [2.75, 3.05) is 25.0 Å². The van der Waals surface area contributed by atoms with Crippen LogP contribution < -0.4 is 5.32 Å². The number of ether oxygens (including phenoxy) is 1. The van der Waals surface area contributed by atoms with Gasteiger partial charge >= 0.3 is 0 Å². The average molecular weight is 304 g/mol. The Morgan fingerprint density at radius 1 is 1.38 bits per heavy atom. The standard InChI is InChI=1S/C15H20N4OS/c1-9-5-19-6-11(4-12(19)7-20-9)18-14-13-3-10(2)21-15(13)17-8-16-14/h3,8-9,11-12H,4-7H2,1-2H3,(H,16,17,18)/t9-,11+,12-/m0/s1. The predicted octanol–water partition coefficient (Wildman–Crippen LogP) is 2.27. The first-order valence-electron chi connectivity index (χ1n) is 7.52. The highest BCUT2D eigenvalue weighted by Gasteiger charge is 2.36. The first-order valence-corrected chi connectivity index (χ1v) is 8.34. The Bertz CT molecular complexity index is 658. The molecule has 3 atom stereocenters. The zero-order valence-electron chi connectivity index (χ0n) is 12.4. The molecular weight excluding hydrogens is 284 g/mol. The van der Waals surface area contributed by atoms with Crippen molar-refractivity contribution in [2.24, 2.45) is 0 Å². The fourth-order valence-corrected chi connectivity index (χ4v) is 4.28. The van der Waals surface area contributed by atoms with Crippen LogP contribution >= 0.6 is 11.3 Å². The van der Waals surface area contributed by atoms with Crippen molar-refractivity contribution in [1.82, 2.24) is 14.9 Å². The zero-order valence-corrected chi connectivity index (χ0v) is 13.2. The number of rotatable bonds is 2. The van der Waals surface area contributed by atoms with E-state index in [1.807, 2.05) is 0 Å². The van der Waals surface area contributed by atoms with Crippen LogP contribution in [0.1, 0.15) is 18.2 Å². The molecule has 1 N–H and O–H groups in total. The highest BCUT2D eigenvalue weighted by atomic mass is 32.1. The summed E-state index contributed by atoms with van der Waals surface area (Å²) in [6.07, 6.45) is 3.14. The largest absolute Gasteiger partial charge is 0.376 e. The second-order valence-electron chi connectivity index (χ2n) is 6.13. The molecule has 0 bridgehead atoms. The number of morpholine rings is 1. The van der Waals surface area contributed by atoms with Gasteiger partial charge < -0.3 is 10.1 Å². The van der Waals surface area contributed by atoms with E-state index in [4.69, 9.17) is 4.74 Å². The fourth-order valence-electron chi connectivity index (χ4n) is 3.43.